The molecule has 3 nitrogen and oxygen atoms in total. The summed E-state index contributed by atoms with van der Waals surface area (Å²) in [5.74, 6) is 1.47. The Kier molecular flexibility index (Phi) is 5.48. The van der Waals surface area contributed by atoms with Crippen LogP contribution in [0, 0.1) is 11.6 Å². The molecule has 2 aromatic carbocycles. The average Bonchev–Trinajstić information content (AvgIpc) is 3.31. The molecule has 2 unspecified atom stereocenters. The van der Waals surface area contributed by atoms with Crippen LogP contribution in [-0.4, -0.2) is 31.3 Å². The van der Waals surface area contributed by atoms with Gasteiger partial charge in [0, 0.05) is 24.7 Å². The smallest absolute Gasteiger partial charge is 0.231 e. The highest BCUT2D eigenvalue weighted by Gasteiger charge is 2.33. The molecule has 2 atom stereocenters. The molecule has 2 heterocycles. The quantitative estimate of drug-likeness (QED) is 0.712. The first-order valence-corrected chi connectivity index (χ1v) is 9.77. The van der Waals surface area contributed by atoms with Crippen LogP contribution in [0.4, 0.5) is 8.78 Å². The Morgan fingerprint density at radius 1 is 1.11 bits per heavy atom. The first-order chi connectivity index (χ1) is 13.2. The minimum atomic E-state index is -0.176. The van der Waals surface area contributed by atoms with Crippen molar-refractivity contribution in [1.82, 2.24) is 4.90 Å². The van der Waals surface area contributed by atoms with Crippen molar-refractivity contribution < 1.29 is 18.3 Å². The van der Waals surface area contributed by atoms with Crippen molar-refractivity contribution in [3.63, 3.8) is 0 Å². The Labute approximate surface area is 170 Å². The Hall–Kier alpha value is -1.85. The summed E-state index contributed by atoms with van der Waals surface area (Å²) in [4.78, 5) is 2.40. The van der Waals surface area contributed by atoms with E-state index in [2.05, 4.69) is 4.90 Å². The van der Waals surface area contributed by atoms with Gasteiger partial charge >= 0.3 is 0 Å². The fourth-order valence-corrected chi connectivity index (χ4v) is 4.98. The van der Waals surface area contributed by atoms with Crippen LogP contribution < -0.4 is 9.47 Å². The van der Waals surface area contributed by atoms with Gasteiger partial charge in [0.2, 0.25) is 6.79 Å². The molecule has 1 aliphatic carbocycles. The lowest BCUT2D eigenvalue weighted by Gasteiger charge is -2.30. The molecule has 2 aromatic rings. The summed E-state index contributed by atoms with van der Waals surface area (Å²) in [5.41, 5.74) is 2.88. The van der Waals surface area contributed by atoms with Gasteiger partial charge in [-0.15, -0.1) is 12.4 Å². The van der Waals surface area contributed by atoms with Crippen molar-refractivity contribution in [3.05, 3.63) is 58.7 Å². The maximum atomic E-state index is 14.8. The van der Waals surface area contributed by atoms with Crippen LogP contribution in [0.3, 0.4) is 0 Å². The van der Waals surface area contributed by atoms with Crippen LogP contribution in [-0.2, 0) is 6.42 Å². The van der Waals surface area contributed by atoms with Crippen molar-refractivity contribution in [1.29, 1.82) is 0 Å². The second-order valence-electron chi connectivity index (χ2n) is 7.87. The number of hydrogen-bond donors (Lipinski definition) is 0. The number of ether oxygens (including phenoxy) is 2. The van der Waals surface area contributed by atoms with E-state index in [9.17, 15) is 8.78 Å². The van der Waals surface area contributed by atoms with Crippen LogP contribution in [0.1, 0.15) is 47.8 Å². The minimum Gasteiger partial charge on any atom is -0.453 e. The molecular weight excluding hydrogens is 384 g/mol. The molecule has 0 N–H and O–H groups in total. The molecule has 6 heteroatoms. The van der Waals surface area contributed by atoms with E-state index >= 15 is 0 Å². The van der Waals surface area contributed by atoms with Crippen molar-refractivity contribution >= 4 is 12.4 Å². The monoisotopic (exact) mass is 407 g/mol. The number of halogens is 3. The first-order valence-electron chi connectivity index (χ1n) is 9.77. The zero-order chi connectivity index (χ0) is 18.4. The molecule has 2 aliphatic heterocycles. The van der Waals surface area contributed by atoms with Gasteiger partial charge in [-0.05, 0) is 67.3 Å². The third-order valence-electron chi connectivity index (χ3n) is 6.21. The van der Waals surface area contributed by atoms with Gasteiger partial charge in [-0.25, -0.2) is 8.78 Å². The van der Waals surface area contributed by atoms with Crippen LogP contribution in [0.2, 0.25) is 0 Å². The zero-order valence-electron chi connectivity index (χ0n) is 15.6. The van der Waals surface area contributed by atoms with Gasteiger partial charge in [0.1, 0.15) is 11.6 Å². The second-order valence-corrected chi connectivity index (χ2v) is 7.87. The van der Waals surface area contributed by atoms with E-state index in [0.717, 1.165) is 67.8 Å². The number of fused-ring (bicyclic) bond motifs is 3. The number of nitrogens with zero attached hydrogens (tertiary/aromatic N) is 1. The van der Waals surface area contributed by atoms with Crippen molar-refractivity contribution in [3.8, 4) is 11.5 Å². The number of hydrogen-bond acceptors (Lipinski definition) is 3. The highest BCUT2D eigenvalue weighted by atomic mass is 35.5. The summed E-state index contributed by atoms with van der Waals surface area (Å²) >= 11 is 0. The van der Waals surface area contributed by atoms with E-state index in [1.807, 2.05) is 6.07 Å². The summed E-state index contributed by atoms with van der Waals surface area (Å²) in [6, 6.07) is 8.40. The Morgan fingerprint density at radius 2 is 2.00 bits per heavy atom. The van der Waals surface area contributed by atoms with Gasteiger partial charge in [0.25, 0.3) is 0 Å². The van der Waals surface area contributed by atoms with Gasteiger partial charge in [-0.1, -0.05) is 12.1 Å². The SMILES string of the molecule is Cl.Fc1cccc(C2CCN(CC3CCCc4c5c(cc(F)c43)OCO5)C2)c1. The minimum absolute atomic E-state index is 0. The molecular formula is C22H24ClF2NO2. The molecule has 0 saturated carbocycles. The lowest BCUT2D eigenvalue weighted by atomic mass is 9.81. The standard InChI is InChI=1S/C22H23F2NO2.ClH/c23-17-5-1-3-14(9-17)15-7-8-25(11-15)12-16-4-2-6-18-21(16)19(24)10-20-22(18)27-13-26-20;/h1,3,5,9-10,15-16H,2,4,6-8,11-13H2;1H. The molecule has 28 heavy (non-hydrogen) atoms. The molecule has 150 valence electrons. The molecule has 5 rings (SSSR count). The zero-order valence-corrected chi connectivity index (χ0v) is 16.4. The van der Waals surface area contributed by atoms with Gasteiger partial charge in [-0.2, -0.15) is 0 Å². The lowest BCUT2D eigenvalue weighted by molar-refractivity contribution is 0.173. The Morgan fingerprint density at radius 3 is 2.86 bits per heavy atom. The Bertz CT molecular complexity index is 876. The third kappa shape index (κ3) is 3.46. The van der Waals surface area contributed by atoms with E-state index in [-0.39, 0.29) is 36.8 Å². The fourth-order valence-electron chi connectivity index (χ4n) is 4.98. The molecule has 0 aromatic heterocycles. The van der Waals surface area contributed by atoms with E-state index in [1.165, 1.54) is 12.1 Å². The maximum absolute atomic E-state index is 14.8. The largest absolute Gasteiger partial charge is 0.453 e. The van der Waals surface area contributed by atoms with Gasteiger partial charge in [-0.3, -0.25) is 0 Å². The van der Waals surface area contributed by atoms with Crippen molar-refractivity contribution in [2.45, 2.75) is 37.5 Å². The molecule has 0 amide bonds. The van der Waals surface area contributed by atoms with Crippen LogP contribution in [0.25, 0.3) is 0 Å². The van der Waals surface area contributed by atoms with E-state index in [0.29, 0.717) is 11.7 Å². The van der Waals surface area contributed by atoms with Crippen molar-refractivity contribution in [2.24, 2.45) is 0 Å². The van der Waals surface area contributed by atoms with E-state index in [1.54, 1.807) is 12.1 Å². The predicted molar refractivity (Wildman–Crippen MR) is 106 cm³/mol. The normalized spacial score (nSPS) is 23.4. The second kappa shape index (κ2) is 7.88. The summed E-state index contributed by atoms with van der Waals surface area (Å²) in [6.45, 7) is 2.90. The molecule has 3 aliphatic rings. The van der Waals surface area contributed by atoms with Crippen LogP contribution in [0.5, 0.6) is 11.5 Å². The average molecular weight is 408 g/mol. The topological polar surface area (TPSA) is 21.7 Å². The van der Waals surface area contributed by atoms with Gasteiger partial charge in [0.05, 0.1) is 0 Å². The Balaban J connectivity index is 0.00000192. The number of likely N-dealkylation sites (tertiary alicyclic amines) is 1. The molecule has 0 spiro atoms. The molecule has 0 radical (unpaired) electrons. The summed E-state index contributed by atoms with van der Waals surface area (Å²) in [6.07, 6.45) is 3.90. The molecule has 0 bridgehead atoms. The number of rotatable bonds is 3. The summed E-state index contributed by atoms with van der Waals surface area (Å²) < 4.78 is 39.4. The van der Waals surface area contributed by atoms with Gasteiger partial charge < -0.3 is 14.4 Å². The van der Waals surface area contributed by atoms with Crippen LogP contribution >= 0.6 is 12.4 Å². The summed E-state index contributed by atoms with van der Waals surface area (Å²) in [5, 5.41) is 0. The number of benzene rings is 2. The molecule has 1 saturated heterocycles. The third-order valence-corrected chi connectivity index (χ3v) is 6.21. The van der Waals surface area contributed by atoms with E-state index in [4.69, 9.17) is 9.47 Å². The lowest BCUT2D eigenvalue weighted by Crippen LogP contribution is -2.29. The highest BCUT2D eigenvalue weighted by Crippen LogP contribution is 2.46. The predicted octanol–water partition coefficient (Wildman–Crippen LogP) is 5.02. The summed E-state index contributed by atoms with van der Waals surface area (Å²) in [7, 11) is 0. The van der Waals surface area contributed by atoms with Crippen molar-refractivity contribution in [2.75, 3.05) is 26.4 Å². The fraction of sp³-hybridized carbons (Fsp3) is 0.455. The highest BCUT2D eigenvalue weighted by molar-refractivity contribution is 5.85. The molecule has 1 fully saturated rings. The maximum Gasteiger partial charge on any atom is 0.231 e. The van der Waals surface area contributed by atoms with E-state index < -0.39 is 0 Å². The first kappa shape index (κ1) is 19.5. The van der Waals surface area contributed by atoms with Gasteiger partial charge in [0.15, 0.2) is 11.5 Å². The van der Waals surface area contributed by atoms with Crippen LogP contribution in [0.15, 0.2) is 30.3 Å².